The van der Waals surface area contributed by atoms with E-state index in [9.17, 15) is 13.2 Å². The molecule has 1 aromatic carbocycles. The van der Waals surface area contributed by atoms with E-state index < -0.39 is 11.7 Å². The Labute approximate surface area is 84.5 Å². The lowest BCUT2D eigenvalue weighted by Gasteiger charge is -2.10. The highest BCUT2D eigenvalue weighted by molar-refractivity contribution is 7.98. The van der Waals surface area contributed by atoms with Gasteiger partial charge in [-0.2, -0.15) is 13.2 Å². The predicted octanol–water partition coefficient (Wildman–Crippen LogP) is 2.89. The Morgan fingerprint density at radius 3 is 2.43 bits per heavy atom. The number of benzene rings is 1. The summed E-state index contributed by atoms with van der Waals surface area (Å²) in [6.07, 6.45) is -2.55. The maximum atomic E-state index is 12.3. The van der Waals surface area contributed by atoms with E-state index >= 15 is 0 Å². The van der Waals surface area contributed by atoms with Crippen LogP contribution in [0.15, 0.2) is 23.1 Å². The van der Waals surface area contributed by atoms with Crippen molar-refractivity contribution in [1.82, 2.24) is 0 Å². The molecule has 0 saturated carbocycles. The zero-order chi connectivity index (χ0) is 10.8. The van der Waals surface area contributed by atoms with Gasteiger partial charge in [-0.25, -0.2) is 0 Å². The lowest BCUT2D eigenvalue weighted by Crippen LogP contribution is -2.06. The van der Waals surface area contributed by atoms with E-state index in [-0.39, 0.29) is 6.54 Å². The summed E-state index contributed by atoms with van der Waals surface area (Å²) >= 11 is 1.27. The quantitative estimate of drug-likeness (QED) is 0.777. The average molecular weight is 221 g/mol. The molecule has 0 heterocycles. The van der Waals surface area contributed by atoms with Crippen LogP contribution < -0.4 is 5.73 Å². The van der Waals surface area contributed by atoms with Crippen LogP contribution in [-0.4, -0.2) is 6.26 Å². The predicted molar refractivity (Wildman–Crippen MR) is 51.1 cm³/mol. The molecule has 0 saturated heterocycles. The van der Waals surface area contributed by atoms with Crippen molar-refractivity contribution in [2.75, 3.05) is 6.26 Å². The maximum absolute atomic E-state index is 12.3. The Bertz CT molecular complexity index is 322. The zero-order valence-corrected chi connectivity index (χ0v) is 8.38. The normalized spacial score (nSPS) is 11.8. The van der Waals surface area contributed by atoms with Crippen molar-refractivity contribution in [3.05, 3.63) is 29.3 Å². The van der Waals surface area contributed by atoms with Gasteiger partial charge in [-0.15, -0.1) is 11.8 Å². The molecule has 0 aliphatic rings. The molecule has 0 bridgehead atoms. The van der Waals surface area contributed by atoms with Gasteiger partial charge in [-0.05, 0) is 24.0 Å². The summed E-state index contributed by atoms with van der Waals surface area (Å²) < 4.78 is 36.9. The van der Waals surface area contributed by atoms with E-state index in [0.717, 1.165) is 17.7 Å². The number of hydrogen-bond acceptors (Lipinski definition) is 2. The molecule has 0 aliphatic carbocycles. The first-order valence-electron chi connectivity index (χ1n) is 3.93. The Hall–Kier alpha value is -0.680. The first-order valence-corrected chi connectivity index (χ1v) is 5.15. The highest BCUT2D eigenvalue weighted by Gasteiger charge is 2.30. The molecule has 5 heteroatoms. The number of hydrogen-bond donors (Lipinski definition) is 1. The first-order chi connectivity index (χ1) is 6.49. The number of nitrogens with two attached hydrogens (primary N) is 1. The second kappa shape index (κ2) is 4.23. The monoisotopic (exact) mass is 221 g/mol. The van der Waals surface area contributed by atoms with E-state index in [0.29, 0.717) is 4.90 Å². The van der Waals surface area contributed by atoms with Crippen LogP contribution in [0, 0.1) is 0 Å². The lowest BCUT2D eigenvalue weighted by molar-refractivity contribution is -0.137. The largest absolute Gasteiger partial charge is 0.416 e. The van der Waals surface area contributed by atoms with Crippen molar-refractivity contribution < 1.29 is 13.2 Å². The second-order valence-electron chi connectivity index (χ2n) is 2.73. The number of halogens is 3. The number of alkyl halides is 3. The van der Waals surface area contributed by atoms with E-state index in [1.807, 2.05) is 0 Å². The van der Waals surface area contributed by atoms with Gasteiger partial charge >= 0.3 is 6.18 Å². The van der Waals surface area contributed by atoms with Gasteiger partial charge in [0, 0.05) is 11.4 Å². The van der Waals surface area contributed by atoms with Crippen molar-refractivity contribution in [3.8, 4) is 0 Å². The highest BCUT2D eigenvalue weighted by atomic mass is 32.2. The fourth-order valence-electron chi connectivity index (χ4n) is 1.09. The van der Waals surface area contributed by atoms with Crippen LogP contribution in [0.1, 0.15) is 11.1 Å². The molecule has 0 atom stereocenters. The molecule has 0 spiro atoms. The van der Waals surface area contributed by atoms with Gasteiger partial charge in [-0.3, -0.25) is 0 Å². The number of rotatable bonds is 2. The molecule has 1 aromatic rings. The average Bonchev–Trinajstić information content (AvgIpc) is 2.15. The maximum Gasteiger partial charge on any atom is 0.416 e. The van der Waals surface area contributed by atoms with Crippen molar-refractivity contribution in [2.45, 2.75) is 17.6 Å². The summed E-state index contributed by atoms with van der Waals surface area (Å²) in [4.78, 5) is 0.585. The molecule has 0 unspecified atom stereocenters. The van der Waals surface area contributed by atoms with Crippen LogP contribution in [0.3, 0.4) is 0 Å². The molecule has 14 heavy (non-hydrogen) atoms. The Balaban J connectivity index is 3.14. The molecule has 0 amide bonds. The van der Waals surface area contributed by atoms with E-state index in [1.165, 1.54) is 17.8 Å². The molecule has 78 valence electrons. The van der Waals surface area contributed by atoms with Crippen molar-refractivity contribution in [1.29, 1.82) is 0 Å². The molecular formula is C9H10F3NS. The standard InChI is InChI=1S/C9H10F3NS/c1-14-8-4-7(9(10,11)12)3-2-6(8)5-13/h2-4H,5,13H2,1H3. The van der Waals surface area contributed by atoms with Gasteiger partial charge in [0.25, 0.3) is 0 Å². The molecule has 0 radical (unpaired) electrons. The SMILES string of the molecule is CSc1cc(C(F)(F)F)ccc1CN. The van der Waals surface area contributed by atoms with Gasteiger partial charge < -0.3 is 5.73 Å². The van der Waals surface area contributed by atoms with E-state index in [1.54, 1.807) is 6.26 Å². The van der Waals surface area contributed by atoms with Crippen LogP contribution in [0.4, 0.5) is 13.2 Å². The summed E-state index contributed by atoms with van der Waals surface area (Å²) in [7, 11) is 0. The third-order valence-corrected chi connectivity index (χ3v) is 2.65. The Kier molecular flexibility index (Phi) is 3.44. The topological polar surface area (TPSA) is 26.0 Å². The fourth-order valence-corrected chi connectivity index (χ4v) is 1.75. The minimum Gasteiger partial charge on any atom is -0.326 e. The van der Waals surface area contributed by atoms with E-state index in [4.69, 9.17) is 5.73 Å². The van der Waals surface area contributed by atoms with Crippen LogP contribution in [0.2, 0.25) is 0 Å². The molecule has 0 aliphatic heterocycles. The van der Waals surface area contributed by atoms with E-state index in [2.05, 4.69) is 0 Å². The molecule has 2 N–H and O–H groups in total. The minimum absolute atomic E-state index is 0.258. The zero-order valence-electron chi connectivity index (χ0n) is 7.56. The molecule has 1 nitrogen and oxygen atoms in total. The van der Waals surface area contributed by atoms with Crippen LogP contribution in [-0.2, 0) is 12.7 Å². The van der Waals surface area contributed by atoms with Crippen LogP contribution in [0.25, 0.3) is 0 Å². The number of thioether (sulfide) groups is 1. The van der Waals surface area contributed by atoms with Crippen LogP contribution in [0.5, 0.6) is 0 Å². The highest BCUT2D eigenvalue weighted by Crippen LogP contribution is 2.32. The van der Waals surface area contributed by atoms with Gasteiger partial charge in [0.1, 0.15) is 0 Å². The fraction of sp³-hybridized carbons (Fsp3) is 0.333. The third-order valence-electron chi connectivity index (χ3n) is 1.83. The van der Waals surface area contributed by atoms with Gasteiger partial charge in [0.05, 0.1) is 5.56 Å². The Morgan fingerprint density at radius 1 is 1.36 bits per heavy atom. The van der Waals surface area contributed by atoms with Crippen molar-refractivity contribution in [3.63, 3.8) is 0 Å². The van der Waals surface area contributed by atoms with Gasteiger partial charge in [-0.1, -0.05) is 6.07 Å². The lowest BCUT2D eigenvalue weighted by atomic mass is 10.1. The smallest absolute Gasteiger partial charge is 0.326 e. The summed E-state index contributed by atoms with van der Waals surface area (Å²) in [6.45, 7) is 0.258. The van der Waals surface area contributed by atoms with Gasteiger partial charge in [0.15, 0.2) is 0 Å². The molecule has 0 aromatic heterocycles. The summed E-state index contributed by atoms with van der Waals surface area (Å²) in [5.74, 6) is 0. The molecular weight excluding hydrogens is 211 g/mol. The molecule has 1 rings (SSSR count). The van der Waals surface area contributed by atoms with Crippen molar-refractivity contribution in [2.24, 2.45) is 5.73 Å². The Morgan fingerprint density at radius 2 is 2.00 bits per heavy atom. The van der Waals surface area contributed by atoms with Crippen molar-refractivity contribution >= 4 is 11.8 Å². The van der Waals surface area contributed by atoms with Gasteiger partial charge in [0.2, 0.25) is 0 Å². The van der Waals surface area contributed by atoms with Crippen LogP contribution >= 0.6 is 11.8 Å². The summed E-state index contributed by atoms with van der Waals surface area (Å²) in [5, 5.41) is 0. The minimum atomic E-state index is -4.28. The first kappa shape index (κ1) is 11.4. The third kappa shape index (κ3) is 2.42. The summed E-state index contributed by atoms with van der Waals surface area (Å²) in [6, 6.07) is 3.61. The molecule has 0 fully saturated rings. The second-order valence-corrected chi connectivity index (χ2v) is 3.58. The summed E-state index contributed by atoms with van der Waals surface area (Å²) in [5.41, 5.74) is 5.51.